The van der Waals surface area contributed by atoms with Gasteiger partial charge in [0, 0.05) is 24.4 Å². The molecule has 6 heteroatoms. The molecular formula is C21H20N4O2. The predicted octanol–water partition coefficient (Wildman–Crippen LogP) is 3.39. The number of hydrogen-bond donors (Lipinski definition) is 1. The summed E-state index contributed by atoms with van der Waals surface area (Å²) >= 11 is 0. The zero-order valence-corrected chi connectivity index (χ0v) is 15.3. The Kier molecular flexibility index (Phi) is 4.46. The summed E-state index contributed by atoms with van der Waals surface area (Å²) < 4.78 is 7.13. The van der Waals surface area contributed by atoms with Gasteiger partial charge in [-0.25, -0.2) is 0 Å². The van der Waals surface area contributed by atoms with Crippen LogP contribution in [0.15, 0.2) is 59.1 Å². The summed E-state index contributed by atoms with van der Waals surface area (Å²) in [5.74, 6) is 0.823. The van der Waals surface area contributed by atoms with Gasteiger partial charge < -0.3 is 14.4 Å². The van der Waals surface area contributed by atoms with Gasteiger partial charge in [-0.3, -0.25) is 4.79 Å². The first kappa shape index (κ1) is 17.0. The molecule has 0 radical (unpaired) electrons. The molecule has 4 aromatic rings. The Hall–Kier alpha value is -3.41. The molecule has 0 aliphatic heterocycles. The number of carbonyl (C=O) groups excluding carboxylic acids is 1. The molecule has 0 fully saturated rings. The van der Waals surface area contributed by atoms with E-state index in [9.17, 15) is 4.79 Å². The van der Waals surface area contributed by atoms with Crippen LogP contribution >= 0.6 is 0 Å². The largest absolute Gasteiger partial charge is 0.342 e. The lowest BCUT2D eigenvalue weighted by molar-refractivity contribution is 0.0938. The topological polar surface area (TPSA) is 73.0 Å². The maximum Gasteiger partial charge on any atom is 0.268 e. The normalized spacial score (nSPS) is 11.0. The first-order chi connectivity index (χ1) is 13.1. The first-order valence-corrected chi connectivity index (χ1v) is 8.80. The van der Waals surface area contributed by atoms with Crippen LogP contribution in [0.2, 0.25) is 0 Å². The van der Waals surface area contributed by atoms with Gasteiger partial charge in [-0.15, -0.1) is 0 Å². The molecule has 1 amide bonds. The highest BCUT2D eigenvalue weighted by atomic mass is 16.5. The van der Waals surface area contributed by atoms with Crippen molar-refractivity contribution in [1.29, 1.82) is 0 Å². The van der Waals surface area contributed by atoms with E-state index in [0.29, 0.717) is 23.8 Å². The predicted molar refractivity (Wildman–Crippen MR) is 102 cm³/mol. The molecule has 0 unspecified atom stereocenters. The van der Waals surface area contributed by atoms with E-state index in [4.69, 9.17) is 4.52 Å². The van der Waals surface area contributed by atoms with Crippen molar-refractivity contribution in [1.82, 2.24) is 20.0 Å². The summed E-state index contributed by atoms with van der Waals surface area (Å²) in [5, 5.41) is 7.88. The number of aromatic nitrogens is 3. The fraction of sp³-hybridized carbons (Fsp3) is 0.190. The molecule has 0 saturated carbocycles. The van der Waals surface area contributed by atoms with Crippen LogP contribution in [-0.2, 0) is 20.0 Å². The second-order valence-corrected chi connectivity index (χ2v) is 6.60. The lowest BCUT2D eigenvalue weighted by Gasteiger charge is -2.04. The second-order valence-electron chi connectivity index (χ2n) is 6.60. The summed E-state index contributed by atoms with van der Waals surface area (Å²) in [6.07, 6.45) is 0.598. The monoisotopic (exact) mass is 360 g/mol. The van der Waals surface area contributed by atoms with Gasteiger partial charge in [0.1, 0.15) is 5.69 Å². The van der Waals surface area contributed by atoms with Crippen LogP contribution in [0.1, 0.15) is 33.3 Å². The van der Waals surface area contributed by atoms with Crippen molar-refractivity contribution in [2.24, 2.45) is 7.05 Å². The molecule has 0 bridgehead atoms. The van der Waals surface area contributed by atoms with Gasteiger partial charge in [0.25, 0.3) is 5.91 Å². The summed E-state index contributed by atoms with van der Waals surface area (Å²) in [7, 11) is 1.89. The number of hydrogen-bond acceptors (Lipinski definition) is 4. The number of amides is 1. The van der Waals surface area contributed by atoms with Crippen molar-refractivity contribution in [3.63, 3.8) is 0 Å². The number of nitrogens with one attached hydrogen (secondary N) is 1. The lowest BCUT2D eigenvalue weighted by atomic mass is 10.1. The van der Waals surface area contributed by atoms with Crippen molar-refractivity contribution < 1.29 is 9.32 Å². The zero-order chi connectivity index (χ0) is 18.8. The van der Waals surface area contributed by atoms with E-state index in [1.807, 2.05) is 67.1 Å². The van der Waals surface area contributed by atoms with E-state index in [1.54, 1.807) is 0 Å². The minimum absolute atomic E-state index is 0.172. The lowest BCUT2D eigenvalue weighted by Crippen LogP contribution is -2.25. The van der Waals surface area contributed by atoms with E-state index < -0.39 is 0 Å². The highest BCUT2D eigenvalue weighted by molar-refractivity contribution is 5.98. The smallest absolute Gasteiger partial charge is 0.268 e. The van der Waals surface area contributed by atoms with Crippen molar-refractivity contribution in [3.8, 4) is 0 Å². The van der Waals surface area contributed by atoms with Crippen molar-refractivity contribution in [2.75, 3.05) is 0 Å². The third-order valence-electron chi connectivity index (χ3n) is 4.55. The van der Waals surface area contributed by atoms with Gasteiger partial charge >= 0.3 is 0 Å². The van der Waals surface area contributed by atoms with Gasteiger partial charge in [0.05, 0.1) is 6.54 Å². The molecule has 136 valence electrons. The molecule has 1 N–H and O–H groups in total. The molecule has 2 aromatic heterocycles. The van der Waals surface area contributed by atoms with Crippen molar-refractivity contribution in [2.45, 2.75) is 19.9 Å². The van der Waals surface area contributed by atoms with Crippen molar-refractivity contribution in [3.05, 3.63) is 83.1 Å². The molecule has 0 aliphatic rings. The number of benzene rings is 2. The molecule has 0 spiro atoms. The van der Waals surface area contributed by atoms with Gasteiger partial charge in [0.2, 0.25) is 5.89 Å². The van der Waals surface area contributed by atoms with Gasteiger partial charge in [-0.1, -0.05) is 47.1 Å². The molecule has 2 aromatic carbocycles. The third-order valence-corrected chi connectivity index (χ3v) is 4.55. The average Bonchev–Trinajstić information content (AvgIpc) is 3.25. The maximum atomic E-state index is 12.6. The molecule has 4 rings (SSSR count). The molecular weight excluding hydrogens is 340 g/mol. The Morgan fingerprint density at radius 2 is 1.96 bits per heavy atom. The van der Waals surface area contributed by atoms with Crippen LogP contribution < -0.4 is 5.32 Å². The quantitative estimate of drug-likeness (QED) is 0.592. The van der Waals surface area contributed by atoms with E-state index >= 15 is 0 Å². The fourth-order valence-electron chi connectivity index (χ4n) is 3.15. The molecule has 0 atom stereocenters. The van der Waals surface area contributed by atoms with Crippen molar-refractivity contribution >= 4 is 16.8 Å². The molecule has 27 heavy (non-hydrogen) atoms. The molecule has 2 heterocycles. The summed E-state index contributed by atoms with van der Waals surface area (Å²) in [6.45, 7) is 2.23. The van der Waals surface area contributed by atoms with Crippen LogP contribution in [0.3, 0.4) is 0 Å². The SMILES string of the molecule is Cc1ccc2c(c1)cc(C(=O)NCc1nc(Cc3ccccc3)no1)n2C. The number of nitrogens with zero attached hydrogens (tertiary/aromatic N) is 3. The highest BCUT2D eigenvalue weighted by Gasteiger charge is 2.15. The van der Waals surface area contributed by atoms with E-state index in [-0.39, 0.29) is 12.5 Å². The van der Waals surface area contributed by atoms with Crippen LogP contribution in [0.4, 0.5) is 0 Å². The number of rotatable bonds is 5. The molecule has 6 nitrogen and oxygen atoms in total. The Balaban J connectivity index is 1.43. The van der Waals surface area contributed by atoms with Crippen LogP contribution in [0, 0.1) is 6.92 Å². The summed E-state index contributed by atoms with van der Waals surface area (Å²) in [4.78, 5) is 16.9. The minimum Gasteiger partial charge on any atom is -0.342 e. The minimum atomic E-state index is -0.172. The first-order valence-electron chi connectivity index (χ1n) is 8.80. The standard InChI is InChI=1S/C21H20N4O2/c1-14-8-9-17-16(10-14)12-18(25(17)2)21(26)22-13-20-23-19(24-27-20)11-15-6-4-3-5-7-15/h3-10,12H,11,13H2,1-2H3,(H,22,26). The van der Waals surface area contributed by atoms with Gasteiger partial charge in [-0.05, 0) is 30.7 Å². The summed E-state index contributed by atoms with van der Waals surface area (Å²) in [5.41, 5.74) is 3.89. The fourth-order valence-corrected chi connectivity index (χ4v) is 3.15. The van der Waals surface area contributed by atoms with Crippen LogP contribution in [0.25, 0.3) is 10.9 Å². The van der Waals surface area contributed by atoms with Crippen LogP contribution in [-0.4, -0.2) is 20.6 Å². The van der Waals surface area contributed by atoms with Gasteiger partial charge in [0.15, 0.2) is 5.82 Å². The Morgan fingerprint density at radius 1 is 1.15 bits per heavy atom. The maximum absolute atomic E-state index is 12.6. The van der Waals surface area contributed by atoms with E-state index in [0.717, 1.165) is 22.0 Å². The van der Waals surface area contributed by atoms with Crippen LogP contribution in [0.5, 0.6) is 0 Å². The Morgan fingerprint density at radius 3 is 2.78 bits per heavy atom. The summed E-state index contributed by atoms with van der Waals surface area (Å²) in [6, 6.07) is 18.0. The Bertz CT molecular complexity index is 1100. The third kappa shape index (κ3) is 3.60. The van der Waals surface area contributed by atoms with E-state index in [1.165, 1.54) is 0 Å². The van der Waals surface area contributed by atoms with Gasteiger partial charge in [-0.2, -0.15) is 4.98 Å². The zero-order valence-electron chi connectivity index (χ0n) is 15.3. The molecule has 0 aliphatic carbocycles. The number of carbonyl (C=O) groups is 1. The number of aryl methyl sites for hydroxylation is 2. The average molecular weight is 360 g/mol. The second kappa shape index (κ2) is 7.07. The molecule has 0 saturated heterocycles. The Labute approximate surface area is 156 Å². The number of fused-ring (bicyclic) bond motifs is 1. The highest BCUT2D eigenvalue weighted by Crippen LogP contribution is 2.20. The van der Waals surface area contributed by atoms with E-state index in [2.05, 4.69) is 21.5 Å².